The molecule has 0 saturated carbocycles. The number of nitrogens with zero attached hydrogens (tertiary/aromatic N) is 2. The molecule has 0 spiro atoms. The lowest BCUT2D eigenvalue weighted by Gasteiger charge is -2.34. The van der Waals surface area contributed by atoms with E-state index < -0.39 is 28.5 Å². The Labute approximate surface area is 271 Å². The van der Waals surface area contributed by atoms with Crippen molar-refractivity contribution in [2.24, 2.45) is 0 Å². The first kappa shape index (κ1) is 33.7. The smallest absolute Gasteiger partial charge is 0.264 e. The monoisotopic (exact) mass is 645 g/mol. The van der Waals surface area contributed by atoms with Crippen molar-refractivity contribution >= 4 is 39.1 Å². The normalized spacial score (nSPS) is 12.6. The minimum Gasteiger partial charge on any atom is -0.352 e. The highest BCUT2D eigenvalue weighted by molar-refractivity contribution is 7.92. The average molecular weight is 646 g/mol. The van der Waals surface area contributed by atoms with Crippen LogP contribution in [0.25, 0.3) is 0 Å². The van der Waals surface area contributed by atoms with Crippen molar-refractivity contribution in [3.63, 3.8) is 0 Å². The minimum atomic E-state index is -4.16. The molecule has 0 aromatic heterocycles. The second-order valence-corrected chi connectivity index (χ2v) is 13.6. The summed E-state index contributed by atoms with van der Waals surface area (Å²) in [5, 5.41) is 3.54. The Kier molecular flexibility index (Phi) is 11.4. The number of rotatable bonds is 13. The predicted molar refractivity (Wildman–Crippen MR) is 181 cm³/mol. The van der Waals surface area contributed by atoms with Crippen molar-refractivity contribution in [3.8, 4) is 0 Å². The number of hydrogen-bond acceptors (Lipinski definition) is 4. The molecule has 0 aliphatic heterocycles. The van der Waals surface area contributed by atoms with Crippen molar-refractivity contribution < 1.29 is 18.0 Å². The van der Waals surface area contributed by atoms with Crippen LogP contribution in [0, 0.1) is 13.8 Å². The summed E-state index contributed by atoms with van der Waals surface area (Å²) in [4.78, 5) is 30.0. The van der Waals surface area contributed by atoms with E-state index in [2.05, 4.69) is 5.32 Å². The van der Waals surface area contributed by atoms with Crippen molar-refractivity contribution in [1.82, 2.24) is 10.2 Å². The van der Waals surface area contributed by atoms with E-state index in [-0.39, 0.29) is 29.8 Å². The van der Waals surface area contributed by atoms with E-state index in [0.717, 1.165) is 21.0 Å². The van der Waals surface area contributed by atoms with E-state index in [9.17, 15) is 18.0 Å². The molecule has 1 N–H and O–H groups in total. The molecule has 0 fully saturated rings. The van der Waals surface area contributed by atoms with Crippen LogP contribution in [0.15, 0.2) is 108 Å². The topological polar surface area (TPSA) is 86.8 Å². The molecular weight excluding hydrogens is 606 g/mol. The van der Waals surface area contributed by atoms with E-state index in [4.69, 9.17) is 11.6 Å². The van der Waals surface area contributed by atoms with Crippen LogP contribution in [0.4, 0.5) is 5.69 Å². The number of nitrogens with one attached hydrogen (secondary N) is 1. The lowest BCUT2D eigenvalue weighted by Crippen LogP contribution is -2.54. The van der Waals surface area contributed by atoms with Crippen LogP contribution in [-0.4, -0.2) is 43.8 Å². The summed E-state index contributed by atoms with van der Waals surface area (Å²) in [6, 6.07) is 29.0. The zero-order valence-corrected chi connectivity index (χ0v) is 27.7. The molecule has 236 valence electrons. The molecule has 0 aliphatic rings. The minimum absolute atomic E-state index is 0.0525. The number of sulfonamides is 1. The summed E-state index contributed by atoms with van der Waals surface area (Å²) < 4.78 is 29.4. The van der Waals surface area contributed by atoms with Crippen LogP contribution in [0.1, 0.15) is 42.5 Å². The van der Waals surface area contributed by atoms with Crippen molar-refractivity contribution in [3.05, 3.63) is 130 Å². The molecule has 0 saturated heterocycles. The number of amides is 2. The molecule has 0 heterocycles. The standard InChI is InChI=1S/C36H40ClN3O4S/c1-5-28(4)38-36(42)34(23-29-13-8-6-9-14-29)39(24-30-15-12-16-31(37)22-30)35(41)25-40(32-20-26(2)19-27(3)21-32)45(43,44)33-17-10-7-11-18-33/h6-22,28,34H,5,23-25H2,1-4H3,(H,38,42)/t28-,34+/m0/s1. The SMILES string of the molecule is CC[C@H](C)NC(=O)[C@@H](Cc1ccccc1)N(Cc1cccc(Cl)c1)C(=O)CN(c1cc(C)cc(C)c1)S(=O)(=O)c1ccccc1. The van der Waals surface area contributed by atoms with Crippen molar-refractivity contribution in [2.45, 2.75) is 64.1 Å². The van der Waals surface area contributed by atoms with E-state index in [1.807, 2.05) is 70.2 Å². The van der Waals surface area contributed by atoms with E-state index in [1.165, 1.54) is 17.0 Å². The zero-order valence-electron chi connectivity index (χ0n) is 26.1. The van der Waals surface area contributed by atoms with Crippen LogP contribution in [0.3, 0.4) is 0 Å². The molecule has 2 atom stereocenters. The molecule has 45 heavy (non-hydrogen) atoms. The largest absolute Gasteiger partial charge is 0.352 e. The summed E-state index contributed by atoms with van der Waals surface area (Å²) in [6.07, 6.45) is 0.951. The van der Waals surface area contributed by atoms with Gasteiger partial charge < -0.3 is 10.2 Å². The quantitative estimate of drug-likeness (QED) is 0.175. The molecule has 0 bridgehead atoms. The van der Waals surface area contributed by atoms with Gasteiger partial charge in [-0.25, -0.2) is 8.42 Å². The molecule has 0 radical (unpaired) electrons. The number of benzene rings is 4. The van der Waals surface area contributed by atoms with Gasteiger partial charge in [-0.2, -0.15) is 0 Å². The van der Waals surface area contributed by atoms with Gasteiger partial charge in [0.1, 0.15) is 12.6 Å². The van der Waals surface area contributed by atoms with E-state index in [0.29, 0.717) is 22.7 Å². The van der Waals surface area contributed by atoms with Gasteiger partial charge in [-0.15, -0.1) is 0 Å². The van der Waals surface area contributed by atoms with Crippen molar-refractivity contribution in [2.75, 3.05) is 10.8 Å². The molecule has 4 aromatic rings. The van der Waals surface area contributed by atoms with Gasteiger partial charge in [0.15, 0.2) is 0 Å². The summed E-state index contributed by atoms with van der Waals surface area (Å²) >= 11 is 6.32. The van der Waals surface area contributed by atoms with Crippen molar-refractivity contribution in [1.29, 1.82) is 0 Å². The van der Waals surface area contributed by atoms with E-state index in [1.54, 1.807) is 48.5 Å². The van der Waals surface area contributed by atoms with Gasteiger partial charge in [-0.05, 0) is 85.8 Å². The number of anilines is 1. The van der Waals surface area contributed by atoms with Crippen LogP contribution < -0.4 is 9.62 Å². The zero-order chi connectivity index (χ0) is 32.6. The third-order valence-electron chi connectivity index (χ3n) is 7.62. The number of aryl methyl sites for hydroxylation is 2. The highest BCUT2D eigenvalue weighted by atomic mass is 35.5. The highest BCUT2D eigenvalue weighted by Crippen LogP contribution is 2.27. The summed E-state index contributed by atoms with van der Waals surface area (Å²) in [5.74, 6) is -0.832. The third-order valence-corrected chi connectivity index (χ3v) is 9.64. The first-order valence-corrected chi connectivity index (χ1v) is 16.8. The van der Waals surface area contributed by atoms with Gasteiger partial charge in [0.25, 0.3) is 10.0 Å². The Bertz CT molecular complexity index is 1690. The number of carbonyl (C=O) groups excluding carboxylic acids is 2. The first-order chi connectivity index (χ1) is 21.5. The number of hydrogen-bond donors (Lipinski definition) is 1. The van der Waals surface area contributed by atoms with Gasteiger partial charge in [0.2, 0.25) is 11.8 Å². The fourth-order valence-corrected chi connectivity index (χ4v) is 6.80. The summed E-state index contributed by atoms with van der Waals surface area (Å²) in [6.45, 7) is 7.19. The Hall–Kier alpha value is -4.14. The predicted octanol–water partition coefficient (Wildman–Crippen LogP) is 6.71. The van der Waals surface area contributed by atoms with Crippen LogP contribution in [-0.2, 0) is 32.6 Å². The lowest BCUT2D eigenvalue weighted by molar-refractivity contribution is -0.140. The molecule has 4 rings (SSSR count). The summed E-state index contributed by atoms with van der Waals surface area (Å²) in [5.41, 5.74) is 3.67. The van der Waals surface area contributed by atoms with Crippen LogP contribution in [0.5, 0.6) is 0 Å². The Balaban J connectivity index is 1.83. The fourth-order valence-electron chi connectivity index (χ4n) is 5.17. The number of carbonyl (C=O) groups is 2. The molecule has 7 nitrogen and oxygen atoms in total. The van der Waals surface area contributed by atoms with Gasteiger partial charge in [-0.1, -0.05) is 85.3 Å². The average Bonchev–Trinajstić information content (AvgIpc) is 3.01. The maximum Gasteiger partial charge on any atom is 0.264 e. The van der Waals surface area contributed by atoms with Gasteiger partial charge >= 0.3 is 0 Å². The second kappa shape index (κ2) is 15.2. The lowest BCUT2D eigenvalue weighted by atomic mass is 10.0. The molecule has 9 heteroatoms. The molecular formula is C36H40ClN3O4S. The number of halogens is 1. The second-order valence-electron chi connectivity index (χ2n) is 11.3. The molecule has 4 aromatic carbocycles. The fraction of sp³-hybridized carbons (Fsp3) is 0.278. The first-order valence-electron chi connectivity index (χ1n) is 15.0. The maximum absolute atomic E-state index is 14.6. The summed E-state index contributed by atoms with van der Waals surface area (Å²) in [7, 11) is -4.16. The van der Waals surface area contributed by atoms with Gasteiger partial charge in [0, 0.05) is 24.0 Å². The Morgan fingerprint density at radius 1 is 0.822 bits per heavy atom. The molecule has 2 amide bonds. The van der Waals surface area contributed by atoms with E-state index >= 15 is 0 Å². The van der Waals surface area contributed by atoms with Crippen LogP contribution >= 0.6 is 11.6 Å². The Morgan fingerprint density at radius 2 is 1.42 bits per heavy atom. The van der Waals surface area contributed by atoms with Gasteiger partial charge in [0.05, 0.1) is 10.6 Å². The molecule has 0 unspecified atom stereocenters. The van der Waals surface area contributed by atoms with Crippen LogP contribution in [0.2, 0.25) is 5.02 Å². The third kappa shape index (κ3) is 8.96. The maximum atomic E-state index is 14.6. The highest BCUT2D eigenvalue weighted by Gasteiger charge is 2.35. The molecule has 0 aliphatic carbocycles. The Morgan fingerprint density at radius 3 is 2.02 bits per heavy atom. The van der Waals surface area contributed by atoms with Gasteiger partial charge in [-0.3, -0.25) is 13.9 Å².